The van der Waals surface area contributed by atoms with Crippen molar-refractivity contribution in [2.24, 2.45) is 0 Å². The number of nitrogens with zero attached hydrogens (tertiary/aromatic N) is 3. The summed E-state index contributed by atoms with van der Waals surface area (Å²) in [6, 6.07) is 15.9. The van der Waals surface area contributed by atoms with Gasteiger partial charge in [0.1, 0.15) is 36.5 Å². The van der Waals surface area contributed by atoms with E-state index >= 15 is 0 Å². The van der Waals surface area contributed by atoms with E-state index in [1.807, 2.05) is 48.5 Å². The van der Waals surface area contributed by atoms with E-state index < -0.39 is 0 Å². The standard InChI is InChI=1S/C19H20N4O2.ClH/c1-2-15(21-11-1)12-24-17-7-9-19(10-8-17)25-18-5-3-16(4-6-18)23-14-20-13-22-23;/h3-10,13-15,21H,1-2,11-12H2;1H. The van der Waals surface area contributed by atoms with Crippen LogP contribution in [0.25, 0.3) is 5.69 Å². The fourth-order valence-corrected chi connectivity index (χ4v) is 2.84. The second-order valence-corrected chi connectivity index (χ2v) is 6.01. The molecule has 1 atom stereocenters. The van der Waals surface area contributed by atoms with E-state index in [1.165, 1.54) is 19.2 Å². The maximum atomic E-state index is 5.87. The molecule has 1 aliphatic rings. The van der Waals surface area contributed by atoms with Gasteiger partial charge in [-0.2, -0.15) is 5.10 Å². The average Bonchev–Trinajstić information content (AvgIpc) is 3.36. The summed E-state index contributed by atoms with van der Waals surface area (Å²) in [5, 5.41) is 7.53. The van der Waals surface area contributed by atoms with Crippen LogP contribution < -0.4 is 14.8 Å². The normalized spacial score (nSPS) is 16.1. The van der Waals surface area contributed by atoms with Crippen LogP contribution >= 0.6 is 12.4 Å². The highest BCUT2D eigenvalue weighted by atomic mass is 35.5. The second kappa shape index (κ2) is 8.69. The van der Waals surface area contributed by atoms with Crippen LogP contribution in [-0.4, -0.2) is 34.0 Å². The lowest BCUT2D eigenvalue weighted by atomic mass is 10.2. The first-order chi connectivity index (χ1) is 12.4. The number of rotatable bonds is 6. The van der Waals surface area contributed by atoms with Crippen LogP contribution in [0, 0.1) is 0 Å². The van der Waals surface area contributed by atoms with E-state index in [4.69, 9.17) is 9.47 Å². The lowest BCUT2D eigenvalue weighted by molar-refractivity contribution is 0.277. The van der Waals surface area contributed by atoms with Crippen LogP contribution in [0.2, 0.25) is 0 Å². The molecule has 2 heterocycles. The Morgan fingerprint density at radius 3 is 2.31 bits per heavy atom. The predicted octanol–water partition coefficient (Wildman–Crippen LogP) is 3.61. The molecule has 0 aliphatic carbocycles. The summed E-state index contributed by atoms with van der Waals surface area (Å²) < 4.78 is 13.4. The lowest BCUT2D eigenvalue weighted by Gasteiger charge is -2.12. The number of ether oxygens (including phenoxy) is 2. The van der Waals surface area contributed by atoms with Gasteiger partial charge in [0.25, 0.3) is 0 Å². The van der Waals surface area contributed by atoms with Crippen molar-refractivity contribution >= 4 is 12.4 Å². The first-order valence-corrected chi connectivity index (χ1v) is 8.46. The maximum Gasteiger partial charge on any atom is 0.138 e. The Balaban J connectivity index is 0.00000196. The molecule has 1 saturated heterocycles. The molecule has 3 aromatic rings. The number of hydrogen-bond donors (Lipinski definition) is 1. The molecular formula is C19H21ClN4O2. The SMILES string of the molecule is Cl.c1ncn(-c2ccc(Oc3ccc(OCC4CCCN4)cc3)cc2)n1. The fraction of sp³-hybridized carbons (Fsp3) is 0.263. The molecule has 6 nitrogen and oxygen atoms in total. The van der Waals surface area contributed by atoms with E-state index in [1.54, 1.807) is 11.0 Å². The van der Waals surface area contributed by atoms with Crippen molar-refractivity contribution in [1.82, 2.24) is 20.1 Å². The van der Waals surface area contributed by atoms with Gasteiger partial charge >= 0.3 is 0 Å². The van der Waals surface area contributed by atoms with Gasteiger partial charge in [-0.05, 0) is 67.9 Å². The van der Waals surface area contributed by atoms with Gasteiger partial charge in [-0.25, -0.2) is 9.67 Å². The summed E-state index contributed by atoms with van der Waals surface area (Å²) in [6.45, 7) is 1.81. The fourth-order valence-electron chi connectivity index (χ4n) is 2.84. The van der Waals surface area contributed by atoms with Crippen LogP contribution in [0.4, 0.5) is 0 Å². The van der Waals surface area contributed by atoms with Gasteiger partial charge in [0.05, 0.1) is 5.69 Å². The zero-order valence-corrected chi connectivity index (χ0v) is 15.1. The first kappa shape index (κ1) is 18.2. The summed E-state index contributed by atoms with van der Waals surface area (Å²) in [6.07, 6.45) is 5.59. The average molecular weight is 373 g/mol. The van der Waals surface area contributed by atoms with Gasteiger partial charge in [-0.15, -0.1) is 12.4 Å². The van der Waals surface area contributed by atoms with Crippen molar-refractivity contribution in [3.05, 3.63) is 61.2 Å². The van der Waals surface area contributed by atoms with E-state index in [2.05, 4.69) is 15.4 Å². The minimum absolute atomic E-state index is 0. The summed E-state index contributed by atoms with van der Waals surface area (Å²) in [4.78, 5) is 3.94. The molecule has 2 aromatic carbocycles. The molecule has 1 aliphatic heterocycles. The molecular weight excluding hydrogens is 352 g/mol. The molecule has 0 saturated carbocycles. The number of benzene rings is 2. The smallest absolute Gasteiger partial charge is 0.138 e. The van der Waals surface area contributed by atoms with Crippen LogP contribution in [0.5, 0.6) is 17.2 Å². The highest BCUT2D eigenvalue weighted by Gasteiger charge is 2.14. The Labute approximate surface area is 158 Å². The molecule has 1 fully saturated rings. The quantitative estimate of drug-likeness (QED) is 0.716. The number of hydrogen-bond acceptors (Lipinski definition) is 5. The molecule has 0 spiro atoms. The zero-order chi connectivity index (χ0) is 16.9. The molecule has 1 N–H and O–H groups in total. The maximum absolute atomic E-state index is 5.87. The van der Waals surface area contributed by atoms with Gasteiger partial charge < -0.3 is 14.8 Å². The molecule has 1 unspecified atom stereocenters. The van der Waals surface area contributed by atoms with Gasteiger partial charge in [0.15, 0.2) is 0 Å². The minimum Gasteiger partial charge on any atom is -0.492 e. The van der Waals surface area contributed by atoms with Gasteiger partial charge in [-0.3, -0.25) is 0 Å². The Kier molecular flexibility index (Phi) is 6.09. The largest absolute Gasteiger partial charge is 0.492 e. The monoisotopic (exact) mass is 372 g/mol. The Morgan fingerprint density at radius 1 is 1.00 bits per heavy atom. The van der Waals surface area contributed by atoms with E-state index in [9.17, 15) is 0 Å². The van der Waals surface area contributed by atoms with Gasteiger partial charge in [0.2, 0.25) is 0 Å². The molecule has 0 radical (unpaired) electrons. The molecule has 0 amide bonds. The number of aromatic nitrogens is 3. The topological polar surface area (TPSA) is 61.2 Å². The third-order valence-corrected chi connectivity index (χ3v) is 4.19. The van der Waals surface area contributed by atoms with Crippen molar-refractivity contribution in [3.63, 3.8) is 0 Å². The predicted molar refractivity (Wildman–Crippen MR) is 102 cm³/mol. The number of nitrogens with one attached hydrogen (secondary N) is 1. The molecule has 1 aromatic heterocycles. The molecule has 7 heteroatoms. The van der Waals surface area contributed by atoms with Crippen LogP contribution in [0.1, 0.15) is 12.8 Å². The van der Waals surface area contributed by atoms with Crippen molar-refractivity contribution in [1.29, 1.82) is 0 Å². The number of halogens is 1. The molecule has 136 valence electrons. The van der Waals surface area contributed by atoms with Crippen LogP contribution in [-0.2, 0) is 0 Å². The Morgan fingerprint density at radius 2 is 1.69 bits per heavy atom. The molecule has 0 bridgehead atoms. The third-order valence-electron chi connectivity index (χ3n) is 4.19. The highest BCUT2D eigenvalue weighted by molar-refractivity contribution is 5.85. The molecule has 4 rings (SSSR count). The Bertz CT molecular complexity index is 785. The van der Waals surface area contributed by atoms with Crippen molar-refractivity contribution < 1.29 is 9.47 Å². The van der Waals surface area contributed by atoms with E-state index in [-0.39, 0.29) is 12.4 Å². The summed E-state index contributed by atoms with van der Waals surface area (Å²) in [5.41, 5.74) is 0.939. The second-order valence-electron chi connectivity index (χ2n) is 6.01. The van der Waals surface area contributed by atoms with Crippen molar-refractivity contribution in [2.45, 2.75) is 18.9 Å². The van der Waals surface area contributed by atoms with E-state index in [0.717, 1.165) is 29.5 Å². The first-order valence-electron chi connectivity index (χ1n) is 8.46. The van der Waals surface area contributed by atoms with Gasteiger partial charge in [-0.1, -0.05) is 0 Å². The minimum atomic E-state index is 0. The van der Waals surface area contributed by atoms with Crippen molar-refractivity contribution in [2.75, 3.05) is 13.2 Å². The highest BCUT2D eigenvalue weighted by Crippen LogP contribution is 2.25. The summed E-state index contributed by atoms with van der Waals surface area (Å²) in [7, 11) is 0. The van der Waals surface area contributed by atoms with Crippen LogP contribution in [0.3, 0.4) is 0 Å². The Hall–Kier alpha value is -2.57. The van der Waals surface area contributed by atoms with E-state index in [0.29, 0.717) is 12.6 Å². The van der Waals surface area contributed by atoms with Crippen LogP contribution in [0.15, 0.2) is 61.2 Å². The summed E-state index contributed by atoms with van der Waals surface area (Å²) in [5.74, 6) is 2.41. The zero-order valence-electron chi connectivity index (χ0n) is 14.2. The van der Waals surface area contributed by atoms with Gasteiger partial charge in [0, 0.05) is 6.04 Å². The molecule has 26 heavy (non-hydrogen) atoms. The third kappa shape index (κ3) is 4.53. The summed E-state index contributed by atoms with van der Waals surface area (Å²) >= 11 is 0. The van der Waals surface area contributed by atoms with Crippen molar-refractivity contribution in [3.8, 4) is 22.9 Å². The lowest BCUT2D eigenvalue weighted by Crippen LogP contribution is -2.28.